The fraction of sp³-hybridized carbons (Fsp3) is 0.500. The molecule has 2 aliphatic rings. The van der Waals surface area contributed by atoms with E-state index in [2.05, 4.69) is 19.7 Å². The van der Waals surface area contributed by atoms with Crippen molar-refractivity contribution in [1.29, 1.82) is 0 Å². The van der Waals surface area contributed by atoms with Crippen LogP contribution >= 0.6 is 0 Å². The Kier molecular flexibility index (Phi) is 8.45. The van der Waals surface area contributed by atoms with Gasteiger partial charge in [0.15, 0.2) is 5.82 Å². The Morgan fingerprint density at radius 1 is 1.05 bits per heavy atom. The van der Waals surface area contributed by atoms with E-state index in [4.69, 9.17) is 6.57 Å². The standard InChI is InChI=1S/C30H34F3N7O3/c1-5-21-16-40(27-25-23(37(4)29(43)36-27)11-12-24(34-3)35-25)22(6-2)15-39(21)26(28(42)38-13-18(14-38)17-41)19-7-9-20(10-8-19)30(31,32)33/h7-12,18,21-22,26,41H,5-6,13-17H2,1-2,4H3/t21-,22+,26?/m1/s1. The average Bonchev–Trinajstić information content (AvgIpc) is 2.98. The van der Waals surface area contributed by atoms with Gasteiger partial charge in [0.1, 0.15) is 6.04 Å². The summed E-state index contributed by atoms with van der Waals surface area (Å²) >= 11 is 0. The molecule has 10 nitrogen and oxygen atoms in total. The third-order valence-corrected chi connectivity index (χ3v) is 8.64. The summed E-state index contributed by atoms with van der Waals surface area (Å²) in [6, 6.07) is 6.74. The molecular weight excluding hydrogens is 563 g/mol. The predicted molar refractivity (Wildman–Crippen MR) is 155 cm³/mol. The third kappa shape index (κ3) is 5.69. The molecule has 5 rings (SSSR count). The van der Waals surface area contributed by atoms with Crippen molar-refractivity contribution in [3.63, 3.8) is 0 Å². The summed E-state index contributed by atoms with van der Waals surface area (Å²) in [5, 5.41) is 9.51. The van der Waals surface area contributed by atoms with Crippen molar-refractivity contribution in [2.45, 2.75) is 51.0 Å². The van der Waals surface area contributed by atoms with E-state index in [0.717, 1.165) is 12.1 Å². The van der Waals surface area contributed by atoms with Crippen LogP contribution in [-0.4, -0.2) is 80.2 Å². The van der Waals surface area contributed by atoms with Gasteiger partial charge in [-0.3, -0.25) is 14.3 Å². The number of benzene rings is 1. The second kappa shape index (κ2) is 11.9. The number of carbonyl (C=O) groups excluding carboxylic acids is 1. The van der Waals surface area contributed by atoms with E-state index < -0.39 is 23.5 Å². The Hall–Kier alpha value is -4.02. The molecule has 0 radical (unpaired) electrons. The van der Waals surface area contributed by atoms with Gasteiger partial charge in [-0.15, -0.1) is 4.98 Å². The Morgan fingerprint density at radius 3 is 2.30 bits per heavy atom. The lowest BCUT2D eigenvalue weighted by Gasteiger charge is -2.50. The van der Waals surface area contributed by atoms with E-state index in [0.29, 0.717) is 61.4 Å². The van der Waals surface area contributed by atoms with Crippen LogP contribution in [0.1, 0.15) is 43.9 Å². The van der Waals surface area contributed by atoms with Crippen molar-refractivity contribution in [2.75, 3.05) is 37.7 Å². The van der Waals surface area contributed by atoms with E-state index in [-0.39, 0.29) is 36.3 Å². The molecule has 0 aliphatic carbocycles. The topological polar surface area (TPSA) is 99.2 Å². The number of pyridine rings is 1. The van der Waals surface area contributed by atoms with E-state index in [1.807, 2.05) is 18.7 Å². The normalized spacial score (nSPS) is 20.6. The van der Waals surface area contributed by atoms with Gasteiger partial charge in [0.25, 0.3) is 5.82 Å². The van der Waals surface area contributed by atoms with Crippen LogP contribution in [0.3, 0.4) is 0 Å². The number of aryl methyl sites for hydroxylation is 1. The van der Waals surface area contributed by atoms with E-state index in [1.165, 1.54) is 16.7 Å². The monoisotopic (exact) mass is 597 g/mol. The number of nitrogens with zero attached hydrogens (tertiary/aromatic N) is 7. The molecule has 43 heavy (non-hydrogen) atoms. The molecule has 228 valence electrons. The number of alkyl halides is 3. The number of likely N-dealkylation sites (tertiary alicyclic amines) is 1. The maximum absolute atomic E-state index is 14.0. The number of aliphatic hydroxyl groups is 1. The zero-order valence-corrected chi connectivity index (χ0v) is 24.3. The van der Waals surface area contributed by atoms with Gasteiger partial charge in [-0.2, -0.15) is 18.2 Å². The van der Waals surface area contributed by atoms with Crippen LogP contribution < -0.4 is 10.6 Å². The molecule has 1 amide bonds. The van der Waals surface area contributed by atoms with E-state index >= 15 is 0 Å². The van der Waals surface area contributed by atoms with Crippen molar-refractivity contribution < 1.29 is 23.1 Å². The van der Waals surface area contributed by atoms with Crippen molar-refractivity contribution in [3.8, 4) is 0 Å². The highest BCUT2D eigenvalue weighted by molar-refractivity contribution is 5.88. The van der Waals surface area contributed by atoms with Crippen LogP contribution in [0.4, 0.5) is 24.8 Å². The fourth-order valence-corrected chi connectivity index (χ4v) is 6.09. The lowest BCUT2D eigenvalue weighted by Crippen LogP contribution is -2.62. The Labute approximate surface area is 247 Å². The quantitative estimate of drug-likeness (QED) is 0.414. The number of amides is 1. The number of carbonyl (C=O) groups is 1. The highest BCUT2D eigenvalue weighted by Gasteiger charge is 2.44. The van der Waals surface area contributed by atoms with Crippen LogP contribution in [0.25, 0.3) is 15.9 Å². The summed E-state index contributed by atoms with van der Waals surface area (Å²) in [6.07, 6.45) is -3.27. The Balaban J connectivity index is 1.55. The highest BCUT2D eigenvalue weighted by Crippen LogP contribution is 2.37. The molecule has 4 heterocycles. The Bertz CT molecular complexity index is 1600. The second-order valence-electron chi connectivity index (χ2n) is 11.2. The number of hydrogen-bond donors (Lipinski definition) is 1. The number of piperazine rings is 1. The number of halogens is 3. The van der Waals surface area contributed by atoms with Gasteiger partial charge in [-0.05, 0) is 42.7 Å². The summed E-state index contributed by atoms with van der Waals surface area (Å²) in [7, 11) is 1.60. The molecule has 2 aromatic heterocycles. The average molecular weight is 598 g/mol. The summed E-state index contributed by atoms with van der Waals surface area (Å²) in [4.78, 5) is 44.9. The number of hydrogen-bond acceptors (Lipinski definition) is 7. The zero-order chi connectivity index (χ0) is 31.1. The van der Waals surface area contributed by atoms with Crippen molar-refractivity contribution in [3.05, 3.63) is 69.4 Å². The molecule has 0 saturated carbocycles. The summed E-state index contributed by atoms with van der Waals surface area (Å²) < 4.78 is 41.5. The van der Waals surface area contributed by atoms with Crippen LogP contribution in [0.5, 0.6) is 0 Å². The molecule has 0 spiro atoms. The molecule has 2 fully saturated rings. The molecule has 1 unspecified atom stereocenters. The number of fused-ring (bicyclic) bond motifs is 1. The van der Waals surface area contributed by atoms with Crippen molar-refractivity contribution >= 4 is 28.6 Å². The van der Waals surface area contributed by atoms with Gasteiger partial charge in [-0.25, -0.2) is 4.79 Å². The number of anilines is 1. The Morgan fingerprint density at radius 2 is 1.72 bits per heavy atom. The first-order valence-electron chi connectivity index (χ1n) is 14.3. The predicted octanol–water partition coefficient (Wildman–Crippen LogP) is 3.77. The summed E-state index contributed by atoms with van der Waals surface area (Å²) in [6.45, 7) is 12.9. The molecule has 2 aliphatic heterocycles. The van der Waals surface area contributed by atoms with Crippen LogP contribution in [-0.2, 0) is 18.0 Å². The van der Waals surface area contributed by atoms with Gasteiger partial charge in [0.05, 0.1) is 11.1 Å². The van der Waals surface area contributed by atoms with Crippen LogP contribution in [0, 0.1) is 12.5 Å². The molecular formula is C30H34F3N7O3. The molecule has 3 atom stereocenters. The second-order valence-corrected chi connectivity index (χ2v) is 11.2. The van der Waals surface area contributed by atoms with Crippen LogP contribution in [0.15, 0.2) is 41.2 Å². The molecule has 1 aromatic carbocycles. The smallest absolute Gasteiger partial charge is 0.396 e. The minimum atomic E-state index is -4.50. The summed E-state index contributed by atoms with van der Waals surface area (Å²) in [5.74, 6) is 0.315. The SMILES string of the molecule is [C-]#[N+]c1ccc2c(n1)c(N1C[C@@H](CC)N(C(C(=O)N3CC(CO)C3)c3ccc(C(F)(F)F)cc3)C[C@@H]1CC)nc(=O)n2C. The lowest BCUT2D eigenvalue weighted by molar-refractivity contribution is -0.146. The maximum Gasteiger partial charge on any atom is 0.416 e. The zero-order valence-electron chi connectivity index (χ0n) is 24.3. The minimum absolute atomic E-state index is 0.0210. The fourth-order valence-electron chi connectivity index (χ4n) is 6.09. The number of aliphatic hydroxyl groups excluding tert-OH is 1. The van der Waals surface area contributed by atoms with E-state index in [9.17, 15) is 27.9 Å². The first-order valence-corrected chi connectivity index (χ1v) is 14.3. The minimum Gasteiger partial charge on any atom is -0.396 e. The van der Waals surface area contributed by atoms with Crippen molar-refractivity contribution in [1.82, 2.24) is 24.3 Å². The maximum atomic E-state index is 14.0. The lowest BCUT2D eigenvalue weighted by atomic mass is 9.92. The third-order valence-electron chi connectivity index (χ3n) is 8.64. The van der Waals surface area contributed by atoms with Crippen LogP contribution in [0.2, 0.25) is 0 Å². The summed E-state index contributed by atoms with van der Waals surface area (Å²) in [5.41, 5.74) is 0.196. The van der Waals surface area contributed by atoms with Crippen molar-refractivity contribution in [2.24, 2.45) is 13.0 Å². The first-order chi connectivity index (χ1) is 20.5. The molecule has 0 bridgehead atoms. The van der Waals surface area contributed by atoms with Gasteiger partial charge in [0, 0.05) is 57.8 Å². The number of rotatable bonds is 7. The molecule has 13 heteroatoms. The highest BCUT2D eigenvalue weighted by atomic mass is 19.4. The van der Waals surface area contributed by atoms with Gasteiger partial charge in [-0.1, -0.05) is 32.6 Å². The largest absolute Gasteiger partial charge is 0.416 e. The number of aromatic nitrogens is 3. The van der Waals surface area contributed by atoms with Gasteiger partial charge < -0.3 is 19.8 Å². The van der Waals surface area contributed by atoms with Gasteiger partial charge >= 0.3 is 11.9 Å². The molecule has 3 aromatic rings. The first kappa shape index (κ1) is 30.4. The van der Waals surface area contributed by atoms with Gasteiger partial charge in [0.2, 0.25) is 11.4 Å². The molecule has 1 N–H and O–H groups in total. The molecule has 2 saturated heterocycles. The van der Waals surface area contributed by atoms with E-state index in [1.54, 1.807) is 24.1 Å².